The second kappa shape index (κ2) is 6.68. The molecule has 0 amide bonds. The maximum atomic E-state index is 12.2. The molecule has 1 aliphatic heterocycles. The van der Waals surface area contributed by atoms with Crippen LogP contribution in [-0.4, -0.2) is 57.8 Å². The molecule has 11 heteroatoms. The minimum atomic E-state index is -3.71. The van der Waals surface area contributed by atoms with E-state index in [1.54, 1.807) is 0 Å². The smallest absolute Gasteiger partial charge is 0.331 e. The Kier molecular flexibility index (Phi) is 5.24. The second-order valence-electron chi connectivity index (χ2n) is 5.30. The number of methoxy groups -OCH3 is 1. The van der Waals surface area contributed by atoms with Crippen molar-refractivity contribution in [2.75, 3.05) is 20.4 Å². The highest BCUT2D eigenvalue weighted by Crippen LogP contribution is 2.39. The summed E-state index contributed by atoms with van der Waals surface area (Å²) in [5.74, 6) is 0. The fourth-order valence-electron chi connectivity index (χ4n) is 2.38. The van der Waals surface area contributed by atoms with Crippen LogP contribution < -0.4 is 11.2 Å². The van der Waals surface area contributed by atoms with E-state index in [9.17, 15) is 19.4 Å². The maximum Gasteiger partial charge on any atom is 0.331 e. The number of hydrogen-bond donors (Lipinski definition) is 3. The van der Waals surface area contributed by atoms with Gasteiger partial charge < -0.3 is 24.0 Å². The SMILES string of the molecule is CO[C@H]1[C@@H](O)[C@H](n2ccc(=N)n(C)c2=O)O[C@@H]1COP(C)(=O)O. The quantitative estimate of drug-likeness (QED) is 0.566. The molecule has 0 aliphatic carbocycles. The van der Waals surface area contributed by atoms with Crippen LogP contribution in [0.3, 0.4) is 0 Å². The van der Waals surface area contributed by atoms with Gasteiger partial charge in [-0.2, -0.15) is 0 Å². The normalized spacial score (nSPS) is 30.3. The van der Waals surface area contributed by atoms with Crippen LogP contribution in [0.2, 0.25) is 0 Å². The number of nitrogens with one attached hydrogen (secondary N) is 1. The van der Waals surface area contributed by atoms with Gasteiger partial charge in [0, 0.05) is 27.0 Å². The number of aromatic nitrogens is 2. The standard InChI is InChI=1S/C12H20N3O7P/c1-14-8(13)4-5-15(12(14)17)11-9(16)10(20-2)7(22-11)6-21-23(3,18)19/h4-5,7,9-11,13,16H,6H2,1-3H3,(H,18,19)/t7-,9-,10-,11-/m1/s1. The van der Waals surface area contributed by atoms with Gasteiger partial charge in [-0.15, -0.1) is 0 Å². The van der Waals surface area contributed by atoms with Crippen LogP contribution in [0.25, 0.3) is 0 Å². The van der Waals surface area contributed by atoms with Gasteiger partial charge in [0.1, 0.15) is 23.8 Å². The molecule has 0 saturated carbocycles. The first kappa shape index (κ1) is 18.1. The van der Waals surface area contributed by atoms with E-state index in [1.807, 2.05) is 0 Å². The Bertz CT molecular complexity index is 724. The van der Waals surface area contributed by atoms with E-state index in [0.717, 1.165) is 15.8 Å². The van der Waals surface area contributed by atoms with Crippen LogP contribution in [0.5, 0.6) is 0 Å². The van der Waals surface area contributed by atoms with Crippen molar-refractivity contribution in [2.45, 2.75) is 24.5 Å². The molecular weight excluding hydrogens is 329 g/mol. The van der Waals surface area contributed by atoms with Crippen LogP contribution in [-0.2, 0) is 25.6 Å². The predicted octanol–water partition coefficient (Wildman–Crippen LogP) is -1.23. The molecule has 1 aliphatic rings. The Morgan fingerprint density at radius 2 is 2.17 bits per heavy atom. The molecule has 0 aromatic carbocycles. The lowest BCUT2D eigenvalue weighted by Gasteiger charge is -2.19. The van der Waals surface area contributed by atoms with E-state index < -0.39 is 37.8 Å². The van der Waals surface area contributed by atoms with Gasteiger partial charge in [0.15, 0.2) is 6.23 Å². The lowest BCUT2D eigenvalue weighted by atomic mass is 10.1. The highest BCUT2D eigenvalue weighted by molar-refractivity contribution is 7.51. The molecular formula is C12H20N3O7P. The molecule has 1 aromatic rings. The van der Waals surface area contributed by atoms with E-state index in [4.69, 9.17) is 19.4 Å². The Morgan fingerprint density at radius 1 is 1.52 bits per heavy atom. The Balaban J connectivity index is 2.28. The number of nitrogens with zero attached hydrogens (tertiary/aromatic N) is 2. The van der Waals surface area contributed by atoms with Crippen molar-refractivity contribution in [3.05, 3.63) is 28.2 Å². The lowest BCUT2D eigenvalue weighted by Crippen LogP contribution is -2.42. The highest BCUT2D eigenvalue weighted by Gasteiger charge is 2.46. The van der Waals surface area contributed by atoms with E-state index >= 15 is 0 Å². The molecule has 10 nitrogen and oxygen atoms in total. The molecule has 0 bridgehead atoms. The van der Waals surface area contributed by atoms with Crippen molar-refractivity contribution in [3.8, 4) is 0 Å². The van der Waals surface area contributed by atoms with Crippen LogP contribution in [0.15, 0.2) is 17.1 Å². The molecule has 0 radical (unpaired) electrons. The summed E-state index contributed by atoms with van der Waals surface area (Å²) in [7, 11) is -0.925. The molecule has 0 spiro atoms. The summed E-state index contributed by atoms with van der Waals surface area (Å²) >= 11 is 0. The van der Waals surface area contributed by atoms with Crippen LogP contribution >= 0.6 is 7.60 Å². The highest BCUT2D eigenvalue weighted by atomic mass is 31.2. The summed E-state index contributed by atoms with van der Waals surface area (Å²) in [6.45, 7) is 0.767. The van der Waals surface area contributed by atoms with Gasteiger partial charge in [-0.25, -0.2) is 4.79 Å². The largest absolute Gasteiger partial charge is 0.386 e. The zero-order valence-corrected chi connectivity index (χ0v) is 13.8. The van der Waals surface area contributed by atoms with E-state index in [1.165, 1.54) is 26.4 Å². The fraction of sp³-hybridized carbons (Fsp3) is 0.667. The average Bonchev–Trinajstić information content (AvgIpc) is 2.78. The van der Waals surface area contributed by atoms with Crippen molar-refractivity contribution in [1.29, 1.82) is 5.41 Å². The molecule has 3 N–H and O–H groups in total. The van der Waals surface area contributed by atoms with Crippen LogP contribution in [0, 0.1) is 5.41 Å². The first-order valence-corrected chi connectivity index (χ1v) is 8.82. The van der Waals surface area contributed by atoms with E-state index in [2.05, 4.69) is 0 Å². The Hall–Kier alpha value is -1.29. The number of ether oxygens (including phenoxy) is 2. The summed E-state index contributed by atoms with van der Waals surface area (Å²) in [6.07, 6.45) is -2.56. The van der Waals surface area contributed by atoms with E-state index in [-0.39, 0.29) is 12.1 Å². The van der Waals surface area contributed by atoms with Crippen molar-refractivity contribution >= 4 is 7.60 Å². The zero-order valence-electron chi connectivity index (χ0n) is 12.9. The topological polar surface area (TPSA) is 136 Å². The minimum Gasteiger partial charge on any atom is -0.386 e. The van der Waals surface area contributed by atoms with Crippen molar-refractivity contribution in [2.24, 2.45) is 7.05 Å². The summed E-state index contributed by atoms with van der Waals surface area (Å²) in [5.41, 5.74) is -0.532. The van der Waals surface area contributed by atoms with Gasteiger partial charge in [-0.1, -0.05) is 0 Å². The maximum absolute atomic E-state index is 12.2. The fourth-order valence-corrected chi connectivity index (χ4v) is 2.81. The summed E-state index contributed by atoms with van der Waals surface area (Å²) in [6, 6.07) is 1.39. The van der Waals surface area contributed by atoms with E-state index in [0.29, 0.717) is 0 Å². The van der Waals surface area contributed by atoms with Gasteiger partial charge in [-0.05, 0) is 6.07 Å². The molecule has 1 unspecified atom stereocenters. The van der Waals surface area contributed by atoms with Gasteiger partial charge in [-0.3, -0.25) is 19.1 Å². The summed E-state index contributed by atoms with van der Waals surface area (Å²) in [4.78, 5) is 21.4. The first-order chi connectivity index (χ1) is 10.7. The molecule has 130 valence electrons. The molecule has 5 atom stereocenters. The zero-order chi connectivity index (χ0) is 17.4. The molecule has 1 saturated heterocycles. The number of aliphatic hydroxyl groups excluding tert-OH is 1. The minimum absolute atomic E-state index is 0.00844. The summed E-state index contributed by atoms with van der Waals surface area (Å²) in [5, 5.41) is 17.9. The van der Waals surface area contributed by atoms with Crippen molar-refractivity contribution in [1.82, 2.24) is 9.13 Å². The monoisotopic (exact) mass is 349 g/mol. The average molecular weight is 349 g/mol. The second-order valence-corrected chi connectivity index (χ2v) is 7.17. The number of rotatable bonds is 5. The molecule has 2 heterocycles. The Labute approximate surface area is 131 Å². The number of aliphatic hydroxyl groups is 1. The third-order valence-electron chi connectivity index (χ3n) is 3.60. The van der Waals surface area contributed by atoms with Gasteiger partial charge in [0.2, 0.25) is 0 Å². The molecule has 23 heavy (non-hydrogen) atoms. The third kappa shape index (κ3) is 3.79. The van der Waals surface area contributed by atoms with Crippen LogP contribution in [0.1, 0.15) is 6.23 Å². The Morgan fingerprint density at radius 3 is 2.74 bits per heavy atom. The predicted molar refractivity (Wildman–Crippen MR) is 77.9 cm³/mol. The van der Waals surface area contributed by atoms with Crippen molar-refractivity contribution < 1.29 is 28.6 Å². The van der Waals surface area contributed by atoms with Gasteiger partial charge >= 0.3 is 13.3 Å². The molecule has 1 fully saturated rings. The van der Waals surface area contributed by atoms with Crippen molar-refractivity contribution in [3.63, 3.8) is 0 Å². The van der Waals surface area contributed by atoms with Gasteiger partial charge in [0.05, 0.1) is 6.61 Å². The summed E-state index contributed by atoms with van der Waals surface area (Å²) < 4.78 is 29.0. The van der Waals surface area contributed by atoms with Gasteiger partial charge in [0.25, 0.3) is 0 Å². The first-order valence-electron chi connectivity index (χ1n) is 6.79. The number of hydrogen-bond acceptors (Lipinski definition) is 7. The molecule has 2 rings (SSSR count). The van der Waals surface area contributed by atoms with Crippen LogP contribution in [0.4, 0.5) is 0 Å². The lowest BCUT2D eigenvalue weighted by molar-refractivity contribution is -0.0543. The third-order valence-corrected chi connectivity index (χ3v) is 4.22. The molecule has 1 aromatic heterocycles.